The summed E-state index contributed by atoms with van der Waals surface area (Å²) in [5.74, 6) is 1.71. The molecular formula is C18H23N5O2. The third-order valence-corrected chi connectivity index (χ3v) is 4.80. The largest absolute Gasteiger partial charge is 0.367 e. The summed E-state index contributed by atoms with van der Waals surface area (Å²) in [7, 11) is 0. The Kier molecular flexibility index (Phi) is 4.40. The number of nitrogens with one attached hydrogen (secondary N) is 1. The molecule has 0 bridgehead atoms. The average Bonchev–Trinajstić information content (AvgIpc) is 3.33. The number of rotatable bonds is 3. The third-order valence-electron chi connectivity index (χ3n) is 4.80. The minimum absolute atomic E-state index is 0.0272. The molecule has 4 rings (SSSR count). The fourth-order valence-corrected chi connectivity index (χ4v) is 3.45. The lowest BCUT2D eigenvalue weighted by atomic mass is 10.2. The number of nitrogens with zero attached hydrogens (tertiary/aromatic N) is 4. The van der Waals surface area contributed by atoms with Gasteiger partial charge in [0, 0.05) is 43.3 Å². The Morgan fingerprint density at radius 2 is 2.12 bits per heavy atom. The summed E-state index contributed by atoms with van der Waals surface area (Å²) in [5, 5.41) is 0. The van der Waals surface area contributed by atoms with Gasteiger partial charge in [0.1, 0.15) is 17.7 Å². The first-order valence-electron chi connectivity index (χ1n) is 8.84. The molecule has 4 heterocycles. The molecule has 7 nitrogen and oxygen atoms in total. The zero-order valence-corrected chi connectivity index (χ0v) is 14.4. The lowest BCUT2D eigenvalue weighted by Crippen LogP contribution is -2.42. The highest BCUT2D eigenvalue weighted by molar-refractivity contribution is 5.95. The Bertz CT molecular complexity index is 753. The van der Waals surface area contributed by atoms with E-state index >= 15 is 0 Å². The van der Waals surface area contributed by atoms with E-state index in [1.54, 1.807) is 18.5 Å². The molecule has 2 aliphatic rings. The number of aromatic nitrogens is 3. The average molecular weight is 341 g/mol. The van der Waals surface area contributed by atoms with Crippen LogP contribution in [0.15, 0.2) is 24.5 Å². The first-order valence-corrected chi connectivity index (χ1v) is 8.84. The maximum Gasteiger partial charge on any atom is 0.254 e. The summed E-state index contributed by atoms with van der Waals surface area (Å²) < 4.78 is 5.79. The first-order chi connectivity index (χ1) is 12.2. The van der Waals surface area contributed by atoms with Crippen molar-refractivity contribution in [3.05, 3.63) is 41.6 Å². The van der Waals surface area contributed by atoms with Crippen molar-refractivity contribution in [1.29, 1.82) is 0 Å². The fraction of sp³-hybridized carbons (Fsp3) is 0.500. The van der Waals surface area contributed by atoms with Crippen molar-refractivity contribution in [3.63, 3.8) is 0 Å². The number of anilines is 1. The van der Waals surface area contributed by atoms with Crippen molar-refractivity contribution < 1.29 is 9.53 Å². The Hall–Kier alpha value is -2.41. The number of aromatic amines is 1. The predicted molar refractivity (Wildman–Crippen MR) is 93.6 cm³/mol. The molecule has 0 radical (unpaired) electrons. The summed E-state index contributed by atoms with van der Waals surface area (Å²) in [6.07, 6.45) is 5.69. The van der Waals surface area contributed by atoms with Gasteiger partial charge in [0.2, 0.25) is 0 Å². The number of hydrogen-bond acceptors (Lipinski definition) is 5. The Morgan fingerprint density at radius 1 is 1.28 bits per heavy atom. The third kappa shape index (κ3) is 3.37. The molecule has 1 amide bonds. The summed E-state index contributed by atoms with van der Waals surface area (Å²) >= 11 is 0. The van der Waals surface area contributed by atoms with Gasteiger partial charge in [-0.25, -0.2) is 9.97 Å². The minimum Gasteiger partial charge on any atom is -0.367 e. The van der Waals surface area contributed by atoms with Crippen LogP contribution in [-0.4, -0.2) is 58.5 Å². The lowest BCUT2D eigenvalue weighted by molar-refractivity contribution is -0.0264. The molecule has 132 valence electrons. The number of hydrogen-bond donors (Lipinski definition) is 1. The Morgan fingerprint density at radius 3 is 2.88 bits per heavy atom. The smallest absolute Gasteiger partial charge is 0.254 e. The van der Waals surface area contributed by atoms with E-state index in [-0.39, 0.29) is 12.0 Å². The maximum absolute atomic E-state index is 12.9. The number of amides is 1. The van der Waals surface area contributed by atoms with Crippen LogP contribution in [0.3, 0.4) is 0 Å². The molecule has 25 heavy (non-hydrogen) atoms. The van der Waals surface area contributed by atoms with Crippen molar-refractivity contribution in [1.82, 2.24) is 19.9 Å². The van der Waals surface area contributed by atoms with Gasteiger partial charge in [0.05, 0.1) is 13.2 Å². The number of pyridine rings is 1. The van der Waals surface area contributed by atoms with E-state index in [1.807, 2.05) is 17.9 Å². The van der Waals surface area contributed by atoms with Gasteiger partial charge in [0.25, 0.3) is 5.91 Å². The predicted octanol–water partition coefficient (Wildman–Crippen LogP) is 1.93. The van der Waals surface area contributed by atoms with E-state index in [2.05, 4.69) is 19.9 Å². The molecule has 0 saturated carbocycles. The zero-order valence-electron chi connectivity index (χ0n) is 14.4. The molecule has 2 aliphatic heterocycles. The fourth-order valence-electron chi connectivity index (χ4n) is 3.45. The van der Waals surface area contributed by atoms with Crippen LogP contribution in [0.5, 0.6) is 0 Å². The van der Waals surface area contributed by atoms with Gasteiger partial charge in [-0.3, -0.25) is 4.79 Å². The molecule has 2 aromatic heterocycles. The highest BCUT2D eigenvalue weighted by Gasteiger charge is 2.28. The molecule has 0 aliphatic carbocycles. The molecule has 2 aromatic rings. The van der Waals surface area contributed by atoms with Gasteiger partial charge in [0.15, 0.2) is 0 Å². The second-order valence-electron chi connectivity index (χ2n) is 6.66. The monoisotopic (exact) mass is 341 g/mol. The Labute approximate surface area is 147 Å². The van der Waals surface area contributed by atoms with Crippen LogP contribution in [-0.2, 0) is 4.74 Å². The van der Waals surface area contributed by atoms with Crippen LogP contribution in [0.2, 0.25) is 0 Å². The van der Waals surface area contributed by atoms with Crippen LogP contribution in [0, 0.1) is 6.92 Å². The molecule has 0 unspecified atom stereocenters. The van der Waals surface area contributed by atoms with Crippen molar-refractivity contribution in [3.8, 4) is 0 Å². The summed E-state index contributed by atoms with van der Waals surface area (Å²) in [6, 6.07) is 3.71. The molecule has 1 N–H and O–H groups in total. The van der Waals surface area contributed by atoms with Crippen molar-refractivity contribution in [2.45, 2.75) is 25.9 Å². The normalized spacial score (nSPS) is 20.9. The topological polar surface area (TPSA) is 74.3 Å². The SMILES string of the molecule is Cc1cnc([C@@H]2CN(C(=O)c3ccnc(N4CCCC4)c3)CCO2)[nH]1. The van der Waals surface area contributed by atoms with Crippen LogP contribution >= 0.6 is 0 Å². The molecule has 2 fully saturated rings. The lowest BCUT2D eigenvalue weighted by Gasteiger charge is -2.32. The molecule has 2 saturated heterocycles. The highest BCUT2D eigenvalue weighted by Crippen LogP contribution is 2.23. The van der Waals surface area contributed by atoms with Crippen molar-refractivity contribution >= 4 is 11.7 Å². The van der Waals surface area contributed by atoms with Gasteiger partial charge in [-0.05, 0) is 31.9 Å². The van der Waals surface area contributed by atoms with E-state index in [0.717, 1.165) is 30.4 Å². The van der Waals surface area contributed by atoms with Crippen molar-refractivity contribution in [2.24, 2.45) is 0 Å². The molecule has 1 atom stereocenters. The van der Waals surface area contributed by atoms with Crippen LogP contribution < -0.4 is 4.90 Å². The summed E-state index contributed by atoms with van der Waals surface area (Å²) in [6.45, 7) is 5.60. The molecule has 0 aromatic carbocycles. The number of ether oxygens (including phenoxy) is 1. The van der Waals surface area contributed by atoms with Crippen molar-refractivity contribution in [2.75, 3.05) is 37.7 Å². The maximum atomic E-state index is 12.9. The molecule has 7 heteroatoms. The van der Waals surface area contributed by atoms with E-state index in [1.165, 1.54) is 12.8 Å². The van der Waals surface area contributed by atoms with Crippen LogP contribution in [0.1, 0.15) is 40.8 Å². The second-order valence-corrected chi connectivity index (χ2v) is 6.66. The second kappa shape index (κ2) is 6.84. The number of carbonyl (C=O) groups is 1. The van der Waals surface area contributed by atoms with Gasteiger partial charge in [-0.2, -0.15) is 0 Å². The van der Waals surface area contributed by atoms with Crippen LogP contribution in [0.4, 0.5) is 5.82 Å². The van der Waals surface area contributed by atoms with Gasteiger partial charge < -0.3 is 19.5 Å². The number of aryl methyl sites for hydroxylation is 1. The van der Waals surface area contributed by atoms with E-state index in [0.29, 0.717) is 25.3 Å². The quantitative estimate of drug-likeness (QED) is 0.923. The van der Waals surface area contributed by atoms with Crippen LogP contribution in [0.25, 0.3) is 0 Å². The van der Waals surface area contributed by atoms with E-state index in [4.69, 9.17) is 4.74 Å². The first kappa shape index (κ1) is 16.1. The molecule has 0 spiro atoms. The van der Waals surface area contributed by atoms with Gasteiger partial charge in [-0.15, -0.1) is 0 Å². The number of H-pyrrole nitrogens is 1. The summed E-state index contributed by atoms with van der Waals surface area (Å²) in [5.41, 5.74) is 1.68. The van der Waals surface area contributed by atoms with Gasteiger partial charge >= 0.3 is 0 Å². The Balaban J connectivity index is 1.49. The number of morpholine rings is 1. The zero-order chi connectivity index (χ0) is 17.2. The molecular weight excluding hydrogens is 318 g/mol. The number of imidazole rings is 1. The van der Waals surface area contributed by atoms with Gasteiger partial charge in [-0.1, -0.05) is 0 Å². The standard InChI is InChI=1S/C18H23N5O2/c1-13-11-20-17(21-13)15-12-23(8-9-25-15)18(24)14-4-5-19-16(10-14)22-6-2-3-7-22/h4-5,10-11,15H,2-3,6-9,12H2,1H3,(H,20,21)/t15-/m0/s1. The highest BCUT2D eigenvalue weighted by atomic mass is 16.5. The number of carbonyl (C=O) groups excluding carboxylic acids is 1. The minimum atomic E-state index is -0.203. The van der Waals surface area contributed by atoms with E-state index < -0.39 is 0 Å². The summed E-state index contributed by atoms with van der Waals surface area (Å²) in [4.78, 5) is 29.0. The van der Waals surface area contributed by atoms with E-state index in [9.17, 15) is 4.79 Å².